The number of amides is 1. The molecule has 1 N–H and O–H groups in total. The minimum Gasteiger partial charge on any atom is -0.490 e. The van der Waals surface area contributed by atoms with Crippen LogP contribution in [0.25, 0.3) is 6.08 Å². The zero-order chi connectivity index (χ0) is 24.5. The van der Waals surface area contributed by atoms with Crippen LogP contribution in [0.3, 0.4) is 0 Å². The van der Waals surface area contributed by atoms with Crippen molar-refractivity contribution in [3.05, 3.63) is 69.4 Å². The minimum atomic E-state index is -0.599. The third-order valence-electron chi connectivity index (χ3n) is 4.50. The zero-order valence-electron chi connectivity index (χ0n) is 19.1. The van der Waals surface area contributed by atoms with Gasteiger partial charge in [0.05, 0.1) is 11.1 Å². The van der Waals surface area contributed by atoms with Crippen molar-refractivity contribution >= 4 is 33.7 Å². The first kappa shape index (κ1) is 24.9. The van der Waals surface area contributed by atoms with Crippen molar-refractivity contribution in [3.63, 3.8) is 0 Å². The first-order valence-corrected chi connectivity index (χ1v) is 11.3. The van der Waals surface area contributed by atoms with Gasteiger partial charge in [0.15, 0.2) is 17.3 Å². The Morgan fingerprint density at radius 3 is 2.53 bits per heavy atom. The second-order valence-corrected chi connectivity index (χ2v) is 8.07. The van der Waals surface area contributed by atoms with E-state index >= 15 is 0 Å². The van der Waals surface area contributed by atoms with Gasteiger partial charge in [-0.15, -0.1) is 0 Å². The van der Waals surface area contributed by atoms with Gasteiger partial charge in [0.1, 0.15) is 36.4 Å². The summed E-state index contributed by atoms with van der Waals surface area (Å²) in [5.74, 6) is 1.93. The molecule has 34 heavy (non-hydrogen) atoms. The zero-order valence-corrected chi connectivity index (χ0v) is 20.6. The Morgan fingerprint density at radius 1 is 1.15 bits per heavy atom. The van der Waals surface area contributed by atoms with Gasteiger partial charge in [-0.1, -0.05) is 22.9 Å². The first-order valence-electron chi connectivity index (χ1n) is 10.5. The summed E-state index contributed by atoms with van der Waals surface area (Å²) < 4.78 is 22.9. The maximum atomic E-state index is 12.5. The maximum absolute atomic E-state index is 12.5. The van der Waals surface area contributed by atoms with E-state index in [2.05, 4.69) is 26.4 Å². The molecule has 0 aliphatic carbocycles. The molecule has 1 heterocycles. The Kier molecular flexibility index (Phi) is 8.71. The Hall–Kier alpha value is -3.77. The number of hydrogen-bond acceptors (Lipinski definition) is 7. The third kappa shape index (κ3) is 6.86. The summed E-state index contributed by atoms with van der Waals surface area (Å²) in [6.07, 6.45) is 1.46. The molecule has 0 saturated carbocycles. The van der Waals surface area contributed by atoms with Crippen LogP contribution < -0.4 is 19.5 Å². The number of nitrogens with one attached hydrogen (secondary N) is 1. The molecule has 0 fully saturated rings. The lowest BCUT2D eigenvalue weighted by Crippen LogP contribution is -2.13. The Bertz CT molecular complexity index is 1210. The van der Waals surface area contributed by atoms with Gasteiger partial charge in [-0.05, 0) is 72.6 Å². The van der Waals surface area contributed by atoms with Crippen molar-refractivity contribution in [2.24, 2.45) is 0 Å². The summed E-state index contributed by atoms with van der Waals surface area (Å²) in [5, 5.41) is 15.7. The molecule has 3 rings (SSSR count). The Morgan fingerprint density at radius 2 is 1.88 bits per heavy atom. The molecule has 0 bridgehead atoms. The molecule has 0 radical (unpaired) electrons. The van der Waals surface area contributed by atoms with E-state index in [1.54, 1.807) is 25.1 Å². The molecule has 176 valence electrons. The van der Waals surface area contributed by atoms with Crippen molar-refractivity contribution in [1.29, 1.82) is 5.26 Å². The normalized spacial score (nSPS) is 11.0. The first-order chi connectivity index (χ1) is 16.4. The number of ether oxygens (including phenoxy) is 3. The van der Waals surface area contributed by atoms with Crippen molar-refractivity contribution in [2.45, 2.75) is 20.8 Å². The lowest BCUT2D eigenvalue weighted by atomic mass is 10.1. The maximum Gasteiger partial charge on any atom is 0.267 e. The fourth-order valence-electron chi connectivity index (χ4n) is 2.94. The average Bonchev–Trinajstić information content (AvgIpc) is 3.22. The van der Waals surface area contributed by atoms with E-state index in [4.69, 9.17) is 18.7 Å². The van der Waals surface area contributed by atoms with Gasteiger partial charge in [0, 0.05) is 6.07 Å². The quantitative estimate of drug-likeness (QED) is 0.213. The lowest BCUT2D eigenvalue weighted by molar-refractivity contribution is -0.112. The Balaban J connectivity index is 1.71. The van der Waals surface area contributed by atoms with Gasteiger partial charge < -0.3 is 24.1 Å². The van der Waals surface area contributed by atoms with Crippen molar-refractivity contribution in [1.82, 2.24) is 5.16 Å². The van der Waals surface area contributed by atoms with Crippen LogP contribution in [0.2, 0.25) is 0 Å². The largest absolute Gasteiger partial charge is 0.490 e. The number of aromatic nitrogens is 1. The van der Waals surface area contributed by atoms with E-state index < -0.39 is 5.91 Å². The molecule has 2 aromatic carbocycles. The summed E-state index contributed by atoms with van der Waals surface area (Å²) in [4.78, 5) is 12.5. The van der Waals surface area contributed by atoms with Gasteiger partial charge in [0.2, 0.25) is 0 Å². The molecule has 8 nitrogen and oxygen atoms in total. The van der Waals surface area contributed by atoms with Crippen LogP contribution in [0.15, 0.2) is 57.0 Å². The van der Waals surface area contributed by atoms with Crippen molar-refractivity contribution in [2.75, 3.05) is 25.1 Å². The highest BCUT2D eigenvalue weighted by Gasteiger charge is 2.15. The second-order valence-electron chi connectivity index (χ2n) is 7.22. The van der Waals surface area contributed by atoms with E-state index in [9.17, 15) is 10.1 Å². The van der Waals surface area contributed by atoms with E-state index in [1.807, 2.05) is 44.2 Å². The van der Waals surface area contributed by atoms with E-state index in [1.165, 1.54) is 6.08 Å². The fourth-order valence-corrected chi connectivity index (χ4v) is 3.51. The molecule has 0 atom stereocenters. The van der Waals surface area contributed by atoms with Crippen molar-refractivity contribution in [3.8, 4) is 23.3 Å². The van der Waals surface area contributed by atoms with Crippen LogP contribution in [0.4, 0.5) is 5.82 Å². The summed E-state index contributed by atoms with van der Waals surface area (Å²) in [6, 6.07) is 14.7. The Labute approximate surface area is 206 Å². The smallest absolute Gasteiger partial charge is 0.267 e. The predicted octanol–water partition coefficient (Wildman–Crippen LogP) is 5.46. The van der Waals surface area contributed by atoms with Gasteiger partial charge in [-0.3, -0.25) is 4.79 Å². The highest BCUT2D eigenvalue weighted by molar-refractivity contribution is 9.10. The van der Waals surface area contributed by atoms with E-state index in [0.29, 0.717) is 47.1 Å². The average molecular weight is 526 g/mol. The minimum absolute atomic E-state index is 0.102. The van der Waals surface area contributed by atoms with Crippen LogP contribution in [0.1, 0.15) is 23.8 Å². The molecule has 0 unspecified atom stereocenters. The topological polar surface area (TPSA) is 107 Å². The summed E-state index contributed by atoms with van der Waals surface area (Å²) in [6.45, 7) is 6.63. The number of rotatable bonds is 10. The molecule has 0 aliphatic heterocycles. The number of carbonyl (C=O) groups excluding carboxylic acids is 1. The second kappa shape index (κ2) is 11.9. The molecule has 0 spiro atoms. The molecule has 0 saturated heterocycles. The summed E-state index contributed by atoms with van der Waals surface area (Å²) in [7, 11) is 0. The third-order valence-corrected chi connectivity index (χ3v) is 5.09. The van der Waals surface area contributed by atoms with Crippen LogP contribution in [-0.4, -0.2) is 30.9 Å². The number of halogens is 1. The standard InChI is InChI=1S/C25H24BrN3O5/c1-4-31-22-14-18(12-19(15-27)25(30)28-23-11-17(3)34-29-23)13-21(26)24(22)33-10-9-32-20-7-5-16(2)6-8-20/h5-8,11-14H,4,9-10H2,1-3H3,(H,28,29,30). The monoisotopic (exact) mass is 525 g/mol. The van der Waals surface area contributed by atoms with Gasteiger partial charge >= 0.3 is 0 Å². The highest BCUT2D eigenvalue weighted by Crippen LogP contribution is 2.37. The molecule has 1 aromatic heterocycles. The van der Waals surface area contributed by atoms with Gasteiger partial charge in [0.25, 0.3) is 5.91 Å². The van der Waals surface area contributed by atoms with Gasteiger partial charge in [-0.25, -0.2) is 0 Å². The molecular weight excluding hydrogens is 502 g/mol. The molecule has 0 aliphatic rings. The molecule has 1 amide bonds. The lowest BCUT2D eigenvalue weighted by Gasteiger charge is -2.15. The molecular formula is C25H24BrN3O5. The molecule has 9 heteroatoms. The summed E-state index contributed by atoms with van der Waals surface area (Å²) in [5.41, 5.74) is 1.64. The SMILES string of the molecule is CCOc1cc(C=C(C#N)C(=O)Nc2cc(C)on2)cc(Br)c1OCCOc1ccc(C)cc1. The number of carbonyl (C=O) groups is 1. The number of nitriles is 1. The number of benzene rings is 2. The number of aryl methyl sites for hydroxylation is 2. The van der Waals surface area contributed by atoms with E-state index in [-0.39, 0.29) is 11.4 Å². The van der Waals surface area contributed by atoms with E-state index in [0.717, 1.165) is 11.3 Å². The van der Waals surface area contributed by atoms with Crippen LogP contribution in [0.5, 0.6) is 17.2 Å². The van der Waals surface area contributed by atoms with Crippen molar-refractivity contribution < 1.29 is 23.5 Å². The highest BCUT2D eigenvalue weighted by atomic mass is 79.9. The molecule has 3 aromatic rings. The van der Waals surface area contributed by atoms with Gasteiger partial charge in [-0.2, -0.15) is 5.26 Å². The summed E-state index contributed by atoms with van der Waals surface area (Å²) >= 11 is 3.50. The predicted molar refractivity (Wildman–Crippen MR) is 131 cm³/mol. The number of hydrogen-bond donors (Lipinski definition) is 1. The number of anilines is 1. The van der Waals surface area contributed by atoms with Crippen LogP contribution in [0, 0.1) is 25.2 Å². The number of nitrogens with zero attached hydrogens (tertiary/aromatic N) is 2. The van der Waals surface area contributed by atoms with Crippen LogP contribution >= 0.6 is 15.9 Å². The fraction of sp³-hybridized carbons (Fsp3) is 0.240. The van der Waals surface area contributed by atoms with Crippen LogP contribution in [-0.2, 0) is 4.79 Å².